The van der Waals surface area contributed by atoms with Crippen LogP contribution in [0.15, 0.2) is 41.3 Å². The molecular formula is C22H23FN2O5S. The van der Waals surface area contributed by atoms with E-state index in [-0.39, 0.29) is 24.5 Å². The second-order valence-corrected chi connectivity index (χ2v) is 8.60. The van der Waals surface area contributed by atoms with Gasteiger partial charge in [0.2, 0.25) is 0 Å². The van der Waals surface area contributed by atoms with Gasteiger partial charge in [-0.2, -0.15) is 0 Å². The van der Waals surface area contributed by atoms with Gasteiger partial charge < -0.3 is 19.0 Å². The number of aromatic hydroxyl groups is 1. The summed E-state index contributed by atoms with van der Waals surface area (Å²) in [5, 5.41) is 10.6. The Morgan fingerprint density at radius 2 is 2.00 bits per heavy atom. The van der Waals surface area contributed by atoms with Crippen molar-refractivity contribution in [1.82, 2.24) is 9.55 Å². The molecule has 0 amide bonds. The molecule has 0 aliphatic rings. The summed E-state index contributed by atoms with van der Waals surface area (Å²) in [6, 6.07) is 7.75. The minimum atomic E-state index is -1.04. The number of aryl methyl sites for hydroxylation is 1. The molecule has 2 heterocycles. The van der Waals surface area contributed by atoms with Crippen molar-refractivity contribution in [3.8, 4) is 5.75 Å². The Morgan fingerprint density at radius 3 is 2.65 bits per heavy atom. The van der Waals surface area contributed by atoms with Gasteiger partial charge in [-0.15, -0.1) is 0 Å². The summed E-state index contributed by atoms with van der Waals surface area (Å²) in [4.78, 5) is 29.6. The summed E-state index contributed by atoms with van der Waals surface area (Å²) in [6.45, 7) is 1.85. The summed E-state index contributed by atoms with van der Waals surface area (Å²) in [6.07, 6.45) is 3.99. The van der Waals surface area contributed by atoms with E-state index >= 15 is 0 Å². The van der Waals surface area contributed by atoms with Crippen LogP contribution in [0.4, 0.5) is 4.39 Å². The van der Waals surface area contributed by atoms with Crippen molar-refractivity contribution in [1.29, 1.82) is 0 Å². The molecule has 2 aromatic heterocycles. The highest BCUT2D eigenvalue weighted by atomic mass is 32.2. The van der Waals surface area contributed by atoms with Crippen molar-refractivity contribution < 1.29 is 23.6 Å². The molecule has 3 aromatic rings. The number of benzene rings is 1. The lowest BCUT2D eigenvalue weighted by Crippen LogP contribution is -2.29. The number of rotatable bonds is 8. The number of hydrogen-bond acceptors (Lipinski definition) is 6. The zero-order valence-corrected chi connectivity index (χ0v) is 18.1. The third kappa shape index (κ3) is 5.23. The molecule has 0 saturated carbocycles. The Labute approximate surface area is 181 Å². The Balaban J connectivity index is 2.11. The lowest BCUT2D eigenvalue weighted by atomic mass is 10.1. The Kier molecular flexibility index (Phi) is 7.29. The van der Waals surface area contributed by atoms with Crippen molar-refractivity contribution in [3.05, 3.63) is 69.4 Å². The van der Waals surface area contributed by atoms with Gasteiger partial charge in [0.15, 0.2) is 11.3 Å². The van der Waals surface area contributed by atoms with Gasteiger partial charge in [-0.3, -0.25) is 9.78 Å². The topological polar surface area (TPSA) is 104 Å². The SMILES string of the molecule is CCOC(=O)c1c(O)c2ncc(Cc3ccc(F)cc3)cc2n(CCC[S+](C)[O-])c1=O. The van der Waals surface area contributed by atoms with E-state index in [4.69, 9.17) is 4.74 Å². The van der Waals surface area contributed by atoms with Gasteiger partial charge in [0, 0.05) is 19.2 Å². The molecule has 1 unspecified atom stereocenters. The average Bonchev–Trinajstić information content (AvgIpc) is 2.72. The Hall–Kier alpha value is -2.91. The zero-order chi connectivity index (χ0) is 22.5. The summed E-state index contributed by atoms with van der Waals surface area (Å²) in [5.74, 6) is -1.40. The Morgan fingerprint density at radius 1 is 1.29 bits per heavy atom. The summed E-state index contributed by atoms with van der Waals surface area (Å²) in [5.41, 5.74) is 0.900. The zero-order valence-electron chi connectivity index (χ0n) is 17.3. The van der Waals surface area contributed by atoms with E-state index in [1.807, 2.05) is 0 Å². The minimum Gasteiger partial charge on any atom is -0.617 e. The lowest BCUT2D eigenvalue weighted by molar-refractivity contribution is 0.0520. The van der Waals surface area contributed by atoms with Crippen LogP contribution in [0.25, 0.3) is 11.0 Å². The molecule has 1 N–H and O–H groups in total. The monoisotopic (exact) mass is 446 g/mol. The van der Waals surface area contributed by atoms with Gasteiger partial charge in [-0.25, -0.2) is 9.18 Å². The molecular weight excluding hydrogens is 423 g/mol. The molecule has 31 heavy (non-hydrogen) atoms. The van der Waals surface area contributed by atoms with Crippen molar-refractivity contribution in [2.75, 3.05) is 18.6 Å². The van der Waals surface area contributed by atoms with E-state index < -0.39 is 34.0 Å². The maximum atomic E-state index is 13.2. The van der Waals surface area contributed by atoms with Crippen LogP contribution in [0.3, 0.4) is 0 Å². The van der Waals surface area contributed by atoms with Gasteiger partial charge >= 0.3 is 5.97 Å². The highest BCUT2D eigenvalue weighted by molar-refractivity contribution is 7.90. The first-order chi connectivity index (χ1) is 14.8. The van der Waals surface area contributed by atoms with Gasteiger partial charge in [0.1, 0.15) is 17.1 Å². The number of pyridine rings is 2. The predicted octanol–water partition coefficient (Wildman–Crippen LogP) is 2.78. The van der Waals surface area contributed by atoms with Crippen molar-refractivity contribution in [2.24, 2.45) is 0 Å². The molecule has 0 aliphatic carbocycles. The minimum absolute atomic E-state index is 0.0502. The van der Waals surface area contributed by atoms with Gasteiger partial charge in [-0.05, 0) is 42.7 Å². The molecule has 0 saturated heterocycles. The number of fused-ring (bicyclic) bond motifs is 1. The number of carbonyl (C=O) groups excluding carboxylic acids is 1. The highest BCUT2D eigenvalue weighted by Crippen LogP contribution is 2.26. The molecule has 3 rings (SSSR count). The summed E-state index contributed by atoms with van der Waals surface area (Å²) < 4.78 is 30.9. The highest BCUT2D eigenvalue weighted by Gasteiger charge is 2.24. The number of esters is 1. The maximum Gasteiger partial charge on any atom is 0.347 e. The smallest absolute Gasteiger partial charge is 0.347 e. The molecule has 7 nitrogen and oxygen atoms in total. The average molecular weight is 447 g/mol. The third-order valence-corrected chi connectivity index (χ3v) is 5.61. The fourth-order valence-electron chi connectivity index (χ4n) is 3.32. The number of halogens is 1. The van der Waals surface area contributed by atoms with E-state index in [9.17, 15) is 23.6 Å². The molecule has 0 fully saturated rings. The van der Waals surface area contributed by atoms with Crippen LogP contribution < -0.4 is 5.56 Å². The van der Waals surface area contributed by atoms with Crippen LogP contribution in [-0.4, -0.2) is 43.8 Å². The maximum absolute atomic E-state index is 13.2. The van der Waals surface area contributed by atoms with Crippen LogP contribution in [-0.2, 0) is 28.9 Å². The van der Waals surface area contributed by atoms with Crippen molar-refractivity contribution in [3.63, 3.8) is 0 Å². The van der Waals surface area contributed by atoms with Crippen molar-refractivity contribution in [2.45, 2.75) is 26.3 Å². The molecule has 1 atom stereocenters. The van der Waals surface area contributed by atoms with Crippen molar-refractivity contribution >= 4 is 28.2 Å². The van der Waals surface area contributed by atoms with E-state index in [1.54, 1.807) is 31.4 Å². The van der Waals surface area contributed by atoms with Gasteiger partial charge in [0.05, 0.1) is 18.4 Å². The van der Waals surface area contributed by atoms with Crippen LogP contribution in [0.2, 0.25) is 0 Å². The van der Waals surface area contributed by atoms with E-state index in [2.05, 4.69) is 4.98 Å². The van der Waals surface area contributed by atoms with E-state index in [1.165, 1.54) is 22.9 Å². The summed E-state index contributed by atoms with van der Waals surface area (Å²) in [7, 11) is 0. The first-order valence-corrected chi connectivity index (χ1v) is 11.5. The molecule has 0 radical (unpaired) electrons. The molecule has 1 aromatic carbocycles. The van der Waals surface area contributed by atoms with Crippen LogP contribution in [0.5, 0.6) is 5.75 Å². The number of ether oxygens (including phenoxy) is 1. The summed E-state index contributed by atoms with van der Waals surface area (Å²) >= 11 is -1.04. The molecule has 164 valence electrons. The number of nitrogens with zero attached hydrogens (tertiary/aromatic N) is 2. The normalized spacial score (nSPS) is 12.1. The fourth-order valence-corrected chi connectivity index (χ4v) is 3.85. The number of aromatic nitrogens is 2. The van der Waals surface area contributed by atoms with E-state index in [0.717, 1.165) is 11.1 Å². The molecule has 9 heteroatoms. The molecule has 0 bridgehead atoms. The first-order valence-electron chi connectivity index (χ1n) is 9.77. The standard InChI is InChI=1S/C22H23FN2O5S/c1-3-30-22(28)18-20(26)19-17(25(21(18)27)9-4-10-31(2)29)12-15(13-24-19)11-14-5-7-16(23)8-6-14/h5-8,12-13,26H,3-4,9-11H2,1-2H3. The second kappa shape index (κ2) is 9.93. The fraction of sp³-hybridized carbons (Fsp3) is 0.318. The lowest BCUT2D eigenvalue weighted by Gasteiger charge is -2.15. The van der Waals surface area contributed by atoms with Gasteiger partial charge in [0.25, 0.3) is 5.56 Å². The number of hydrogen-bond donors (Lipinski definition) is 1. The quantitative estimate of drug-likeness (QED) is 0.421. The number of carbonyl (C=O) groups is 1. The van der Waals surface area contributed by atoms with E-state index in [0.29, 0.717) is 24.1 Å². The predicted molar refractivity (Wildman–Crippen MR) is 116 cm³/mol. The molecule has 0 spiro atoms. The third-order valence-electron chi connectivity index (χ3n) is 4.75. The van der Waals surface area contributed by atoms with Crippen LogP contribution in [0.1, 0.15) is 34.8 Å². The van der Waals surface area contributed by atoms with Crippen LogP contribution >= 0.6 is 0 Å². The Bertz CT molecular complexity index is 1150. The second-order valence-electron chi connectivity index (χ2n) is 7.05. The largest absolute Gasteiger partial charge is 0.617 e. The van der Waals surface area contributed by atoms with Crippen LogP contribution in [0, 0.1) is 5.82 Å². The molecule has 0 aliphatic heterocycles. The first kappa shape index (κ1) is 22.8. The van der Waals surface area contributed by atoms with Gasteiger partial charge in [-0.1, -0.05) is 23.3 Å².